The Kier molecular flexibility index (Phi) is 4.39. The number of amides is 1. The summed E-state index contributed by atoms with van der Waals surface area (Å²) in [6.07, 6.45) is 10.5. The summed E-state index contributed by atoms with van der Waals surface area (Å²) in [5.41, 5.74) is 2.85. The third kappa shape index (κ3) is 3.77. The van der Waals surface area contributed by atoms with Gasteiger partial charge in [-0.3, -0.25) is 4.79 Å². The zero-order valence-electron chi connectivity index (χ0n) is 16.6. The highest BCUT2D eigenvalue weighted by Gasteiger charge is 2.30. The average molecular weight is 392 g/mol. The molecular formula is C20H24N8O. The van der Waals surface area contributed by atoms with E-state index in [9.17, 15) is 4.79 Å². The fourth-order valence-corrected chi connectivity index (χ4v) is 3.79. The van der Waals surface area contributed by atoms with Gasteiger partial charge in [-0.05, 0) is 33.1 Å². The first-order chi connectivity index (χ1) is 14.0. The van der Waals surface area contributed by atoms with Crippen LogP contribution in [0.2, 0.25) is 0 Å². The standard InChI is InChI=1S/C20H24N8O/c1-12-9-28-11-17(24-13(2)18(28)23-12)26-19(29)14-7-21-20(22-8-14)27-6-5-16(10-27)25-15-3-4-15/h7-9,11,15-16,25H,3-6,10H2,1-2H3,(H,26,29)/t16-/m1/s1. The normalized spacial score (nSPS) is 19.1. The van der Waals surface area contributed by atoms with Gasteiger partial charge < -0.3 is 19.9 Å². The van der Waals surface area contributed by atoms with Crippen molar-refractivity contribution in [1.29, 1.82) is 0 Å². The maximum atomic E-state index is 12.6. The summed E-state index contributed by atoms with van der Waals surface area (Å²) in [6.45, 7) is 5.64. The molecule has 9 nitrogen and oxygen atoms in total. The minimum atomic E-state index is -0.283. The summed E-state index contributed by atoms with van der Waals surface area (Å²) in [7, 11) is 0. The van der Waals surface area contributed by atoms with Crippen LogP contribution >= 0.6 is 0 Å². The molecule has 3 aromatic rings. The van der Waals surface area contributed by atoms with Crippen LogP contribution in [-0.4, -0.2) is 55.4 Å². The number of aromatic nitrogens is 5. The molecule has 0 unspecified atom stereocenters. The van der Waals surface area contributed by atoms with Gasteiger partial charge in [0.15, 0.2) is 5.65 Å². The highest BCUT2D eigenvalue weighted by Crippen LogP contribution is 2.23. The maximum absolute atomic E-state index is 12.6. The number of aryl methyl sites for hydroxylation is 2. The van der Waals surface area contributed by atoms with Crippen LogP contribution < -0.4 is 15.5 Å². The Morgan fingerprint density at radius 1 is 1.07 bits per heavy atom. The van der Waals surface area contributed by atoms with Crippen LogP contribution in [0.15, 0.2) is 24.8 Å². The molecule has 150 valence electrons. The minimum Gasteiger partial charge on any atom is -0.339 e. The number of nitrogens with one attached hydrogen (secondary N) is 2. The molecule has 1 aliphatic heterocycles. The van der Waals surface area contributed by atoms with E-state index in [-0.39, 0.29) is 5.91 Å². The Bertz CT molecular complexity index is 1060. The van der Waals surface area contributed by atoms with E-state index in [0.717, 1.165) is 36.5 Å². The second-order valence-corrected chi connectivity index (χ2v) is 7.92. The molecule has 0 aromatic carbocycles. The van der Waals surface area contributed by atoms with Crippen LogP contribution in [0.3, 0.4) is 0 Å². The smallest absolute Gasteiger partial charge is 0.259 e. The molecule has 4 heterocycles. The predicted octanol–water partition coefficient (Wildman–Crippen LogP) is 1.72. The van der Waals surface area contributed by atoms with E-state index in [1.54, 1.807) is 18.6 Å². The largest absolute Gasteiger partial charge is 0.339 e. The number of carbonyl (C=O) groups is 1. The Morgan fingerprint density at radius 3 is 2.62 bits per heavy atom. The number of fused-ring (bicyclic) bond motifs is 1. The van der Waals surface area contributed by atoms with Crippen molar-refractivity contribution >= 4 is 23.3 Å². The van der Waals surface area contributed by atoms with Crippen molar-refractivity contribution in [3.05, 3.63) is 41.7 Å². The molecule has 1 atom stereocenters. The molecule has 1 amide bonds. The molecule has 3 aromatic heterocycles. The highest BCUT2D eigenvalue weighted by atomic mass is 16.1. The van der Waals surface area contributed by atoms with E-state index >= 15 is 0 Å². The summed E-state index contributed by atoms with van der Waals surface area (Å²) in [5.74, 6) is 0.857. The molecule has 9 heteroatoms. The summed E-state index contributed by atoms with van der Waals surface area (Å²) < 4.78 is 1.87. The molecule has 2 N–H and O–H groups in total. The van der Waals surface area contributed by atoms with Crippen molar-refractivity contribution in [3.63, 3.8) is 0 Å². The number of nitrogens with zero attached hydrogens (tertiary/aromatic N) is 6. The van der Waals surface area contributed by atoms with E-state index < -0.39 is 0 Å². The first kappa shape index (κ1) is 18.0. The Labute approximate surface area is 168 Å². The first-order valence-electron chi connectivity index (χ1n) is 10.0. The number of imidazole rings is 1. The van der Waals surface area contributed by atoms with Crippen LogP contribution in [0.25, 0.3) is 5.65 Å². The molecule has 0 radical (unpaired) electrons. The highest BCUT2D eigenvalue weighted by molar-refractivity contribution is 6.03. The summed E-state index contributed by atoms with van der Waals surface area (Å²) in [4.78, 5) is 32.4. The Morgan fingerprint density at radius 2 is 1.86 bits per heavy atom. The fraction of sp³-hybridized carbons (Fsp3) is 0.450. The molecule has 5 rings (SSSR count). The van der Waals surface area contributed by atoms with Gasteiger partial charge >= 0.3 is 0 Å². The van der Waals surface area contributed by atoms with E-state index in [0.29, 0.717) is 29.4 Å². The zero-order chi connectivity index (χ0) is 20.0. The molecule has 1 saturated carbocycles. The quantitative estimate of drug-likeness (QED) is 0.682. The van der Waals surface area contributed by atoms with Gasteiger partial charge in [-0.15, -0.1) is 0 Å². The minimum absolute atomic E-state index is 0.283. The number of rotatable bonds is 5. The van der Waals surface area contributed by atoms with E-state index in [1.165, 1.54) is 12.8 Å². The van der Waals surface area contributed by atoms with Gasteiger partial charge in [0.05, 0.1) is 23.1 Å². The molecule has 1 aliphatic carbocycles. The predicted molar refractivity (Wildman–Crippen MR) is 109 cm³/mol. The molecule has 29 heavy (non-hydrogen) atoms. The van der Waals surface area contributed by atoms with Crippen molar-refractivity contribution < 1.29 is 4.79 Å². The lowest BCUT2D eigenvalue weighted by atomic mass is 10.2. The van der Waals surface area contributed by atoms with Gasteiger partial charge in [0, 0.05) is 43.8 Å². The van der Waals surface area contributed by atoms with Crippen molar-refractivity contribution in [2.45, 2.75) is 45.2 Å². The average Bonchev–Trinajstić information content (AvgIpc) is 3.24. The van der Waals surface area contributed by atoms with Gasteiger partial charge in [0.25, 0.3) is 5.91 Å². The first-order valence-corrected chi connectivity index (χ1v) is 10.0. The van der Waals surface area contributed by atoms with E-state index in [1.807, 2.05) is 24.4 Å². The van der Waals surface area contributed by atoms with Crippen LogP contribution in [-0.2, 0) is 0 Å². The van der Waals surface area contributed by atoms with E-state index in [2.05, 4.69) is 35.5 Å². The second kappa shape index (κ2) is 7.07. The van der Waals surface area contributed by atoms with Gasteiger partial charge in [-0.1, -0.05) is 0 Å². The second-order valence-electron chi connectivity index (χ2n) is 7.92. The number of carbonyl (C=O) groups excluding carboxylic acids is 1. The molecule has 0 bridgehead atoms. The van der Waals surface area contributed by atoms with Crippen LogP contribution in [0.4, 0.5) is 11.8 Å². The molecule has 2 aliphatic rings. The van der Waals surface area contributed by atoms with Crippen molar-refractivity contribution in [3.8, 4) is 0 Å². The third-order valence-corrected chi connectivity index (χ3v) is 5.39. The third-order valence-electron chi connectivity index (χ3n) is 5.39. The van der Waals surface area contributed by atoms with Crippen molar-refractivity contribution in [1.82, 2.24) is 29.7 Å². The van der Waals surface area contributed by atoms with Crippen molar-refractivity contribution in [2.24, 2.45) is 0 Å². The Balaban J connectivity index is 1.26. The topological polar surface area (TPSA) is 100 Å². The fourth-order valence-electron chi connectivity index (χ4n) is 3.79. The Hall–Kier alpha value is -3.07. The molecular weight excluding hydrogens is 368 g/mol. The van der Waals surface area contributed by atoms with Crippen LogP contribution in [0.5, 0.6) is 0 Å². The van der Waals surface area contributed by atoms with E-state index in [4.69, 9.17) is 0 Å². The lowest BCUT2D eigenvalue weighted by molar-refractivity contribution is 0.102. The maximum Gasteiger partial charge on any atom is 0.259 e. The zero-order valence-corrected chi connectivity index (χ0v) is 16.6. The summed E-state index contributed by atoms with van der Waals surface area (Å²) in [6, 6.07) is 1.21. The monoisotopic (exact) mass is 392 g/mol. The SMILES string of the molecule is Cc1cn2cc(NC(=O)c3cnc(N4CC[C@@H](NC5CC5)C4)nc3)nc(C)c2n1. The lowest BCUT2D eigenvalue weighted by Crippen LogP contribution is -2.34. The van der Waals surface area contributed by atoms with Gasteiger partial charge in [0.1, 0.15) is 5.82 Å². The van der Waals surface area contributed by atoms with Gasteiger partial charge in [-0.2, -0.15) is 0 Å². The van der Waals surface area contributed by atoms with Crippen LogP contribution in [0.1, 0.15) is 41.0 Å². The number of anilines is 2. The van der Waals surface area contributed by atoms with Crippen molar-refractivity contribution in [2.75, 3.05) is 23.3 Å². The molecule has 2 fully saturated rings. The van der Waals surface area contributed by atoms with Crippen LogP contribution in [0, 0.1) is 13.8 Å². The lowest BCUT2D eigenvalue weighted by Gasteiger charge is -2.16. The number of hydrogen-bond donors (Lipinski definition) is 2. The molecule has 0 spiro atoms. The summed E-state index contributed by atoms with van der Waals surface area (Å²) in [5, 5.41) is 6.48. The number of hydrogen-bond acceptors (Lipinski definition) is 7. The van der Waals surface area contributed by atoms with Gasteiger partial charge in [-0.25, -0.2) is 19.9 Å². The van der Waals surface area contributed by atoms with Gasteiger partial charge in [0.2, 0.25) is 5.95 Å². The molecule has 1 saturated heterocycles. The summed E-state index contributed by atoms with van der Waals surface area (Å²) >= 11 is 0.